The number of hydrogen-bond acceptors (Lipinski definition) is 4. The van der Waals surface area contributed by atoms with E-state index in [1.807, 2.05) is 0 Å². The van der Waals surface area contributed by atoms with Crippen LogP contribution in [0.1, 0.15) is 6.92 Å². The van der Waals surface area contributed by atoms with Crippen LogP contribution in [0.2, 0.25) is 0 Å². The number of ketones is 1. The zero-order chi connectivity index (χ0) is 14.6. The van der Waals surface area contributed by atoms with Crippen molar-refractivity contribution in [3.8, 4) is 0 Å². The average molecular weight is 283 g/mol. The molecule has 0 bridgehead atoms. The van der Waals surface area contributed by atoms with E-state index in [2.05, 4.69) is 0 Å². The number of carboxylic acids is 1. The summed E-state index contributed by atoms with van der Waals surface area (Å²) in [6.45, 7) is 1.85. The van der Waals surface area contributed by atoms with Crippen LogP contribution in [0, 0.1) is 5.92 Å². The average Bonchev–Trinajstić information content (AvgIpc) is 2.39. The van der Waals surface area contributed by atoms with Crippen LogP contribution < -0.4 is 0 Å². The van der Waals surface area contributed by atoms with Crippen molar-refractivity contribution in [3.05, 3.63) is 35.3 Å². The van der Waals surface area contributed by atoms with Crippen molar-refractivity contribution in [3.63, 3.8) is 0 Å². The molecule has 20 heavy (non-hydrogen) atoms. The number of hydrogen-bond donors (Lipinski definition) is 1. The first kappa shape index (κ1) is 12.8. The number of carboxylic acid groups (broad SMARTS) is 1. The van der Waals surface area contributed by atoms with E-state index in [-0.39, 0.29) is 18.4 Å². The van der Waals surface area contributed by atoms with Gasteiger partial charge in [-0.3, -0.25) is 4.79 Å². The van der Waals surface area contributed by atoms with Gasteiger partial charge < -0.3 is 14.7 Å². The van der Waals surface area contributed by atoms with Crippen LogP contribution in [-0.4, -0.2) is 40.4 Å². The van der Waals surface area contributed by atoms with Gasteiger partial charge in [0.25, 0.3) is 0 Å². The van der Waals surface area contributed by atoms with Crippen LogP contribution in [0.25, 0.3) is 0 Å². The maximum atomic E-state index is 13.8. The summed E-state index contributed by atoms with van der Waals surface area (Å²) in [6, 6.07) is -1.05. The molecule has 0 aromatic rings. The quantitative estimate of drug-likeness (QED) is 0.735. The molecule has 106 valence electrons. The van der Waals surface area contributed by atoms with Crippen molar-refractivity contribution in [2.75, 3.05) is 6.61 Å². The van der Waals surface area contributed by atoms with Crippen LogP contribution in [0.15, 0.2) is 35.3 Å². The summed E-state index contributed by atoms with van der Waals surface area (Å²) < 4.78 is 32.5. The maximum absolute atomic E-state index is 13.8. The Hall–Kier alpha value is -2.18. The second kappa shape index (κ2) is 4.16. The van der Waals surface area contributed by atoms with Gasteiger partial charge in [-0.05, 0) is 13.0 Å². The number of carbonyl (C=O) groups excluding carboxylic acids is 1. The minimum atomic E-state index is -1.38. The molecule has 3 atom stereocenters. The van der Waals surface area contributed by atoms with E-state index in [1.54, 1.807) is 11.8 Å². The SMILES string of the molecule is CC1COC2=C(F)C(F)=CC3C(=O)C(C(=O)O)=CN1C23. The third-order valence-corrected chi connectivity index (χ3v) is 3.75. The first-order chi connectivity index (χ1) is 9.41. The molecule has 1 fully saturated rings. The molecule has 2 heterocycles. The Morgan fingerprint density at radius 3 is 2.85 bits per heavy atom. The normalized spacial score (nSPS) is 32.2. The third kappa shape index (κ3) is 1.59. The monoisotopic (exact) mass is 283 g/mol. The fourth-order valence-corrected chi connectivity index (χ4v) is 2.75. The number of ether oxygens (including phenoxy) is 1. The van der Waals surface area contributed by atoms with Crippen molar-refractivity contribution in [1.29, 1.82) is 0 Å². The lowest BCUT2D eigenvalue weighted by atomic mass is 9.81. The number of halogens is 2. The molecule has 0 aromatic carbocycles. The number of rotatable bonds is 1. The number of allylic oxidation sites excluding steroid dienone is 2. The maximum Gasteiger partial charge on any atom is 0.340 e. The second-order valence-electron chi connectivity index (χ2n) is 4.98. The standard InChI is InChI=1S/C13H11F2NO4/c1-5-4-20-12-9(15)8(14)2-6-10(12)16(5)3-7(11(6)17)13(18)19/h2-3,5-6,10H,4H2,1H3,(H,18,19). The Labute approximate surface area is 112 Å². The van der Waals surface area contributed by atoms with E-state index in [0.717, 1.165) is 6.08 Å². The lowest BCUT2D eigenvalue weighted by Crippen LogP contribution is -2.56. The molecule has 2 aliphatic heterocycles. The van der Waals surface area contributed by atoms with Gasteiger partial charge in [0, 0.05) is 6.20 Å². The van der Waals surface area contributed by atoms with Crippen LogP contribution in [0.4, 0.5) is 8.78 Å². The zero-order valence-corrected chi connectivity index (χ0v) is 10.5. The van der Waals surface area contributed by atoms with Gasteiger partial charge in [0.1, 0.15) is 18.2 Å². The van der Waals surface area contributed by atoms with Gasteiger partial charge in [0.05, 0.1) is 12.0 Å². The summed E-state index contributed by atoms with van der Waals surface area (Å²) in [5.74, 6) is -5.74. The molecule has 7 heteroatoms. The molecule has 1 saturated heterocycles. The predicted molar refractivity (Wildman–Crippen MR) is 62.6 cm³/mol. The summed E-state index contributed by atoms with van der Waals surface area (Å²) in [7, 11) is 0. The lowest BCUT2D eigenvalue weighted by Gasteiger charge is -2.47. The fraction of sp³-hybridized carbons (Fsp3) is 0.385. The van der Waals surface area contributed by atoms with Crippen molar-refractivity contribution in [2.24, 2.45) is 5.92 Å². The van der Waals surface area contributed by atoms with Gasteiger partial charge in [0.2, 0.25) is 0 Å². The minimum absolute atomic E-state index is 0.0941. The number of aliphatic carboxylic acids is 1. The highest BCUT2D eigenvalue weighted by Crippen LogP contribution is 2.41. The third-order valence-electron chi connectivity index (χ3n) is 3.75. The molecular formula is C13H11F2NO4. The number of nitrogens with zero attached hydrogens (tertiary/aromatic N) is 1. The smallest absolute Gasteiger partial charge is 0.340 e. The largest absolute Gasteiger partial charge is 0.490 e. The van der Waals surface area contributed by atoms with E-state index < -0.39 is 40.9 Å². The van der Waals surface area contributed by atoms with Gasteiger partial charge in [-0.1, -0.05) is 0 Å². The Balaban J connectivity index is 2.17. The van der Waals surface area contributed by atoms with Crippen molar-refractivity contribution in [2.45, 2.75) is 19.0 Å². The molecule has 3 unspecified atom stereocenters. The topological polar surface area (TPSA) is 66.8 Å². The Bertz CT molecular complexity index is 607. The molecule has 0 spiro atoms. The number of carbonyl (C=O) groups is 2. The van der Waals surface area contributed by atoms with Crippen LogP contribution >= 0.6 is 0 Å². The summed E-state index contributed by atoms with van der Waals surface area (Å²) in [5.41, 5.74) is -0.425. The molecule has 5 nitrogen and oxygen atoms in total. The van der Waals surface area contributed by atoms with Crippen LogP contribution in [0.5, 0.6) is 0 Å². The highest BCUT2D eigenvalue weighted by Gasteiger charge is 2.49. The van der Waals surface area contributed by atoms with E-state index in [4.69, 9.17) is 9.84 Å². The van der Waals surface area contributed by atoms with Crippen molar-refractivity contribution >= 4 is 11.8 Å². The molecule has 0 aromatic heterocycles. The highest BCUT2D eigenvalue weighted by atomic mass is 19.2. The molecule has 3 aliphatic rings. The molecule has 1 N–H and O–H groups in total. The molecule has 0 radical (unpaired) electrons. The van der Waals surface area contributed by atoms with E-state index in [9.17, 15) is 18.4 Å². The van der Waals surface area contributed by atoms with Crippen molar-refractivity contribution in [1.82, 2.24) is 4.90 Å². The molecule has 0 amide bonds. The van der Waals surface area contributed by atoms with E-state index in [1.165, 1.54) is 6.20 Å². The van der Waals surface area contributed by atoms with Gasteiger partial charge >= 0.3 is 5.97 Å². The van der Waals surface area contributed by atoms with E-state index in [0.29, 0.717) is 0 Å². The van der Waals surface area contributed by atoms with Crippen molar-refractivity contribution < 1.29 is 28.2 Å². The predicted octanol–water partition coefficient (Wildman–Crippen LogP) is 1.29. The summed E-state index contributed by atoms with van der Waals surface area (Å²) in [6.07, 6.45) is 2.03. The van der Waals surface area contributed by atoms with E-state index >= 15 is 0 Å². The van der Waals surface area contributed by atoms with Gasteiger partial charge in [0.15, 0.2) is 23.2 Å². The second-order valence-corrected chi connectivity index (χ2v) is 4.98. The first-order valence-corrected chi connectivity index (χ1v) is 6.08. The number of Topliss-reactive ketones (excluding diaryl/α,β-unsaturated/α-hetero) is 1. The Morgan fingerprint density at radius 2 is 2.20 bits per heavy atom. The summed E-state index contributed by atoms with van der Waals surface area (Å²) >= 11 is 0. The first-order valence-electron chi connectivity index (χ1n) is 6.08. The lowest BCUT2D eigenvalue weighted by molar-refractivity contribution is -0.137. The highest BCUT2D eigenvalue weighted by molar-refractivity contribution is 6.18. The van der Waals surface area contributed by atoms with Gasteiger partial charge in [-0.25, -0.2) is 9.18 Å². The molecule has 0 saturated carbocycles. The van der Waals surface area contributed by atoms with Gasteiger partial charge in [-0.15, -0.1) is 0 Å². The molecular weight excluding hydrogens is 272 g/mol. The Morgan fingerprint density at radius 1 is 1.50 bits per heavy atom. The van der Waals surface area contributed by atoms with Gasteiger partial charge in [-0.2, -0.15) is 4.39 Å². The zero-order valence-electron chi connectivity index (χ0n) is 10.5. The minimum Gasteiger partial charge on any atom is -0.490 e. The fourth-order valence-electron chi connectivity index (χ4n) is 2.75. The number of morpholine rings is 1. The summed E-state index contributed by atoms with van der Waals surface area (Å²) in [5, 5.41) is 9.05. The van der Waals surface area contributed by atoms with Crippen LogP contribution in [-0.2, 0) is 14.3 Å². The molecule has 3 rings (SSSR count). The Kier molecular flexibility index (Phi) is 2.67. The van der Waals surface area contributed by atoms with Crippen LogP contribution in [0.3, 0.4) is 0 Å². The summed E-state index contributed by atoms with van der Waals surface area (Å²) in [4.78, 5) is 24.8. The molecule has 1 aliphatic carbocycles.